The molecule has 0 aliphatic heterocycles. The zero-order valence-electron chi connectivity index (χ0n) is 21.7. The number of fused-ring (bicyclic) bond motifs is 1. The number of amides is 2. The third-order valence-corrected chi connectivity index (χ3v) is 6.07. The van der Waals surface area contributed by atoms with Crippen LogP contribution in [0.4, 0.5) is 17.5 Å². The highest BCUT2D eigenvalue weighted by molar-refractivity contribution is 5.97. The molecule has 0 bridgehead atoms. The number of hydrogen-bond acceptors (Lipinski definition) is 10. The van der Waals surface area contributed by atoms with Crippen LogP contribution in [0.25, 0.3) is 11.2 Å². The molecule has 2 aromatic carbocycles. The van der Waals surface area contributed by atoms with Crippen LogP contribution in [-0.4, -0.2) is 55.9 Å². The second-order valence-corrected chi connectivity index (χ2v) is 9.07. The first-order valence-electron chi connectivity index (χ1n) is 12.4. The summed E-state index contributed by atoms with van der Waals surface area (Å²) in [6.45, 7) is 0.724. The molecule has 0 radical (unpaired) electrons. The molecule has 40 heavy (non-hydrogen) atoms. The highest BCUT2D eigenvalue weighted by Crippen LogP contribution is 2.19. The van der Waals surface area contributed by atoms with Gasteiger partial charge in [-0.2, -0.15) is 9.97 Å². The quantitative estimate of drug-likeness (QED) is 0.183. The summed E-state index contributed by atoms with van der Waals surface area (Å²) in [7, 11) is 1.84. The zero-order valence-corrected chi connectivity index (χ0v) is 21.7. The molecule has 4 aromatic rings. The number of carboxylic acids is 1. The Hall–Kier alpha value is -5.33. The fourth-order valence-electron chi connectivity index (χ4n) is 3.92. The van der Waals surface area contributed by atoms with Crippen LogP contribution in [-0.2, 0) is 22.7 Å². The molecule has 0 aliphatic rings. The summed E-state index contributed by atoms with van der Waals surface area (Å²) in [4.78, 5) is 55.2. The van der Waals surface area contributed by atoms with Gasteiger partial charge in [-0.05, 0) is 36.2 Å². The van der Waals surface area contributed by atoms with Crippen LogP contribution >= 0.6 is 0 Å². The molecule has 0 fully saturated rings. The highest BCUT2D eigenvalue weighted by atomic mass is 16.4. The largest absolute Gasteiger partial charge is 0.480 e. The van der Waals surface area contributed by atoms with Crippen molar-refractivity contribution in [2.45, 2.75) is 32.0 Å². The standard InChI is InChI=1S/C27H29N9O4/c1-36(15-18-14-31-24-22(32-18)23(28)34-27(29)35-24)19-9-7-17(8-10-19)25(38)33-20(26(39)40)11-12-21(37)30-13-16-5-3-2-4-6-16/h2-10,14,20H,11-13,15H2,1H3,(H,30,37)(H,33,38)(H,39,40)(H4,28,29,31,34,35)/t20-/m0/s1. The van der Waals surface area contributed by atoms with Crippen LogP contribution in [0.3, 0.4) is 0 Å². The first-order valence-corrected chi connectivity index (χ1v) is 12.4. The number of nitrogens with two attached hydrogens (primary N) is 2. The average Bonchev–Trinajstić information content (AvgIpc) is 2.94. The minimum absolute atomic E-state index is 0.0207. The van der Waals surface area contributed by atoms with Gasteiger partial charge < -0.3 is 32.1 Å². The Morgan fingerprint density at radius 2 is 1.73 bits per heavy atom. The monoisotopic (exact) mass is 543 g/mol. The number of aliphatic carboxylic acids is 1. The summed E-state index contributed by atoms with van der Waals surface area (Å²) in [5.74, 6) is -1.91. The molecule has 206 valence electrons. The third-order valence-electron chi connectivity index (χ3n) is 6.07. The first-order chi connectivity index (χ1) is 19.2. The number of carbonyl (C=O) groups excluding carboxylic acids is 2. The lowest BCUT2D eigenvalue weighted by Crippen LogP contribution is -2.41. The SMILES string of the molecule is CN(Cc1cnc2nc(N)nc(N)c2n1)c1ccc(C(=O)N[C@@H](CCC(=O)NCc2ccccc2)C(=O)O)cc1. The first kappa shape index (κ1) is 27.7. The van der Waals surface area contributed by atoms with Crippen molar-refractivity contribution >= 4 is 46.4 Å². The minimum atomic E-state index is -1.22. The van der Waals surface area contributed by atoms with E-state index in [1.165, 1.54) is 0 Å². The number of rotatable bonds is 11. The normalized spacial score (nSPS) is 11.5. The molecule has 2 aromatic heterocycles. The number of aromatic nitrogens is 4. The van der Waals surface area contributed by atoms with Crippen molar-refractivity contribution in [3.63, 3.8) is 0 Å². The van der Waals surface area contributed by atoms with E-state index in [-0.39, 0.29) is 36.1 Å². The molecule has 0 aliphatic carbocycles. The van der Waals surface area contributed by atoms with Gasteiger partial charge in [-0.1, -0.05) is 30.3 Å². The van der Waals surface area contributed by atoms with E-state index in [0.29, 0.717) is 29.9 Å². The smallest absolute Gasteiger partial charge is 0.326 e. The third kappa shape index (κ3) is 7.16. The van der Waals surface area contributed by atoms with Crippen LogP contribution in [0.5, 0.6) is 0 Å². The highest BCUT2D eigenvalue weighted by Gasteiger charge is 2.22. The minimum Gasteiger partial charge on any atom is -0.480 e. The van der Waals surface area contributed by atoms with E-state index >= 15 is 0 Å². The number of nitrogens with zero attached hydrogens (tertiary/aromatic N) is 5. The van der Waals surface area contributed by atoms with Gasteiger partial charge in [-0.15, -0.1) is 0 Å². The maximum absolute atomic E-state index is 12.7. The molecule has 7 N–H and O–H groups in total. The lowest BCUT2D eigenvalue weighted by Gasteiger charge is -2.19. The second-order valence-electron chi connectivity index (χ2n) is 9.07. The Morgan fingerprint density at radius 1 is 1.00 bits per heavy atom. The van der Waals surface area contributed by atoms with Crippen molar-refractivity contribution in [1.29, 1.82) is 0 Å². The number of carbonyl (C=O) groups is 3. The average molecular weight is 544 g/mol. The lowest BCUT2D eigenvalue weighted by atomic mass is 10.1. The van der Waals surface area contributed by atoms with Crippen LogP contribution in [0.1, 0.15) is 34.5 Å². The van der Waals surface area contributed by atoms with E-state index in [1.807, 2.05) is 42.3 Å². The fourth-order valence-corrected chi connectivity index (χ4v) is 3.92. The number of carboxylic acid groups (broad SMARTS) is 1. The molecule has 0 saturated heterocycles. The van der Waals surface area contributed by atoms with E-state index in [9.17, 15) is 19.5 Å². The van der Waals surface area contributed by atoms with Gasteiger partial charge in [0.25, 0.3) is 5.91 Å². The molecule has 0 spiro atoms. The van der Waals surface area contributed by atoms with Crippen LogP contribution < -0.4 is 27.0 Å². The zero-order chi connectivity index (χ0) is 28.6. The van der Waals surface area contributed by atoms with Gasteiger partial charge in [0.2, 0.25) is 11.9 Å². The molecule has 0 saturated carbocycles. The van der Waals surface area contributed by atoms with Gasteiger partial charge in [0.05, 0.1) is 18.4 Å². The summed E-state index contributed by atoms with van der Waals surface area (Å²) in [6.07, 6.45) is 1.48. The number of anilines is 3. The van der Waals surface area contributed by atoms with E-state index < -0.39 is 17.9 Å². The van der Waals surface area contributed by atoms with Crippen molar-refractivity contribution in [1.82, 2.24) is 30.6 Å². The van der Waals surface area contributed by atoms with Gasteiger partial charge in [-0.25, -0.2) is 14.8 Å². The molecule has 4 rings (SSSR count). The lowest BCUT2D eigenvalue weighted by molar-refractivity contribution is -0.139. The van der Waals surface area contributed by atoms with Crippen molar-refractivity contribution in [3.8, 4) is 0 Å². The van der Waals surface area contributed by atoms with E-state index in [2.05, 4.69) is 30.6 Å². The number of benzene rings is 2. The predicted octanol–water partition coefficient (Wildman–Crippen LogP) is 1.50. The van der Waals surface area contributed by atoms with Crippen LogP contribution in [0.2, 0.25) is 0 Å². The van der Waals surface area contributed by atoms with Gasteiger partial charge >= 0.3 is 5.97 Å². The van der Waals surface area contributed by atoms with Crippen molar-refractivity contribution < 1.29 is 19.5 Å². The Labute approximate surface area is 229 Å². The summed E-state index contributed by atoms with van der Waals surface area (Å²) in [5, 5.41) is 14.8. The topological polar surface area (TPSA) is 202 Å². The maximum atomic E-state index is 12.7. The molecule has 13 heteroatoms. The second kappa shape index (κ2) is 12.5. The number of nitrogen functional groups attached to an aromatic ring is 2. The summed E-state index contributed by atoms with van der Waals surface area (Å²) in [5.41, 5.74) is 14.8. The number of nitrogens with one attached hydrogen (secondary N) is 2. The molecule has 2 heterocycles. The molecular formula is C27H29N9O4. The maximum Gasteiger partial charge on any atom is 0.326 e. The molecule has 1 atom stereocenters. The molecule has 0 unspecified atom stereocenters. The van der Waals surface area contributed by atoms with Gasteiger partial charge in [0.15, 0.2) is 17.0 Å². The Morgan fingerprint density at radius 3 is 2.42 bits per heavy atom. The Kier molecular flexibility index (Phi) is 8.64. The fraction of sp³-hybridized carbons (Fsp3) is 0.222. The van der Waals surface area contributed by atoms with Crippen molar-refractivity contribution in [3.05, 3.63) is 77.6 Å². The predicted molar refractivity (Wildman–Crippen MR) is 149 cm³/mol. The van der Waals surface area contributed by atoms with Gasteiger partial charge in [0.1, 0.15) is 6.04 Å². The van der Waals surface area contributed by atoms with Gasteiger partial charge in [-0.3, -0.25) is 9.59 Å². The number of hydrogen-bond donors (Lipinski definition) is 5. The van der Waals surface area contributed by atoms with Crippen molar-refractivity contribution in [2.75, 3.05) is 23.4 Å². The van der Waals surface area contributed by atoms with Crippen molar-refractivity contribution in [2.24, 2.45) is 0 Å². The summed E-state index contributed by atoms with van der Waals surface area (Å²) >= 11 is 0. The molecular weight excluding hydrogens is 514 g/mol. The van der Waals surface area contributed by atoms with Crippen LogP contribution in [0, 0.1) is 0 Å². The molecule has 13 nitrogen and oxygen atoms in total. The molecule has 2 amide bonds. The summed E-state index contributed by atoms with van der Waals surface area (Å²) < 4.78 is 0. The van der Waals surface area contributed by atoms with E-state index in [0.717, 1.165) is 11.3 Å². The Bertz CT molecular complexity index is 1510. The van der Waals surface area contributed by atoms with Crippen LogP contribution in [0.15, 0.2) is 60.8 Å². The van der Waals surface area contributed by atoms with E-state index in [4.69, 9.17) is 11.5 Å². The Balaban J connectivity index is 1.31. The van der Waals surface area contributed by atoms with E-state index in [1.54, 1.807) is 30.5 Å². The van der Waals surface area contributed by atoms with Gasteiger partial charge in [0, 0.05) is 31.3 Å². The summed E-state index contributed by atoms with van der Waals surface area (Å²) in [6, 6.07) is 14.8.